The lowest BCUT2D eigenvalue weighted by atomic mass is 10.2. The van der Waals surface area contributed by atoms with Crippen LogP contribution in [0.1, 0.15) is 34.8 Å². The van der Waals surface area contributed by atoms with Crippen molar-refractivity contribution in [1.29, 1.82) is 0 Å². The summed E-state index contributed by atoms with van der Waals surface area (Å²) in [5, 5.41) is 3.27. The molecule has 28 heavy (non-hydrogen) atoms. The molecule has 8 heteroatoms. The molecular formula is C20H27FN4O2S. The van der Waals surface area contributed by atoms with Gasteiger partial charge >= 0.3 is 0 Å². The van der Waals surface area contributed by atoms with Crippen LogP contribution < -0.4 is 5.32 Å². The number of carbonyl (C=O) groups excluding carboxylic acids is 2. The normalized spacial score (nSPS) is 10.9. The van der Waals surface area contributed by atoms with Crippen LogP contribution in [0.4, 0.5) is 9.52 Å². The van der Waals surface area contributed by atoms with E-state index in [2.05, 4.69) is 15.2 Å². The van der Waals surface area contributed by atoms with Crippen LogP contribution >= 0.6 is 11.3 Å². The third-order valence-electron chi connectivity index (χ3n) is 4.55. The molecule has 2 amide bonds. The molecule has 0 unspecified atom stereocenters. The maximum Gasteiger partial charge on any atom is 0.254 e. The number of aromatic nitrogens is 1. The first-order valence-electron chi connectivity index (χ1n) is 9.35. The number of rotatable bonds is 9. The smallest absolute Gasteiger partial charge is 0.254 e. The predicted molar refractivity (Wildman–Crippen MR) is 110 cm³/mol. The quantitative estimate of drug-likeness (QED) is 0.694. The lowest BCUT2D eigenvalue weighted by Crippen LogP contribution is -2.42. The van der Waals surface area contributed by atoms with Crippen LogP contribution in [0, 0.1) is 19.7 Å². The van der Waals surface area contributed by atoms with E-state index in [4.69, 9.17) is 0 Å². The third kappa shape index (κ3) is 6.10. The molecule has 0 saturated heterocycles. The number of thiazole rings is 1. The van der Waals surface area contributed by atoms with E-state index in [-0.39, 0.29) is 23.9 Å². The van der Waals surface area contributed by atoms with Crippen molar-refractivity contribution in [2.75, 3.05) is 38.0 Å². The zero-order valence-corrected chi connectivity index (χ0v) is 17.6. The predicted octanol–water partition coefficient (Wildman–Crippen LogP) is 3.32. The van der Waals surface area contributed by atoms with Crippen LogP contribution in [0.3, 0.4) is 0 Å². The maximum atomic E-state index is 13.5. The molecule has 0 bridgehead atoms. The first kappa shape index (κ1) is 22.0. The van der Waals surface area contributed by atoms with Crippen molar-refractivity contribution < 1.29 is 14.0 Å². The molecule has 1 aromatic heterocycles. The van der Waals surface area contributed by atoms with Gasteiger partial charge in [0.1, 0.15) is 12.4 Å². The van der Waals surface area contributed by atoms with E-state index >= 15 is 0 Å². The number of nitrogens with zero attached hydrogens (tertiary/aromatic N) is 3. The number of nitrogens with one attached hydrogen (secondary N) is 1. The Kier molecular flexibility index (Phi) is 8.07. The summed E-state index contributed by atoms with van der Waals surface area (Å²) in [6, 6.07) is 5.53. The van der Waals surface area contributed by atoms with Gasteiger partial charge in [0.05, 0.1) is 5.69 Å². The van der Waals surface area contributed by atoms with Crippen molar-refractivity contribution >= 4 is 28.3 Å². The minimum Gasteiger partial charge on any atom is -0.328 e. The SMILES string of the molecule is CCN(CC)CCN(CC(=O)Nc1nc(C)c(C)s1)C(=O)c1cccc(F)c1. The molecule has 0 saturated carbocycles. The van der Waals surface area contributed by atoms with E-state index < -0.39 is 5.82 Å². The minimum absolute atomic E-state index is 0.117. The first-order valence-corrected chi connectivity index (χ1v) is 10.2. The van der Waals surface area contributed by atoms with Gasteiger partial charge in [0.2, 0.25) is 5.91 Å². The summed E-state index contributed by atoms with van der Waals surface area (Å²) in [5.41, 5.74) is 1.10. The molecule has 1 aromatic carbocycles. The van der Waals surface area contributed by atoms with Gasteiger partial charge in [-0.25, -0.2) is 9.37 Å². The third-order valence-corrected chi connectivity index (χ3v) is 5.54. The standard InChI is InChI=1S/C20H27FN4O2S/c1-5-24(6-2)10-11-25(19(27)16-8-7-9-17(21)12-16)13-18(26)23-20-22-14(3)15(4)28-20/h7-9,12H,5-6,10-11,13H2,1-4H3,(H,22,23,26). The van der Waals surface area contributed by atoms with E-state index in [1.165, 1.54) is 34.4 Å². The molecule has 0 aliphatic heterocycles. The summed E-state index contributed by atoms with van der Waals surface area (Å²) in [4.78, 5) is 34.3. The van der Waals surface area contributed by atoms with Gasteiger partial charge in [-0.15, -0.1) is 11.3 Å². The fourth-order valence-corrected chi connectivity index (χ4v) is 3.55. The lowest BCUT2D eigenvalue weighted by Gasteiger charge is -2.26. The molecular weight excluding hydrogens is 379 g/mol. The van der Waals surface area contributed by atoms with Gasteiger partial charge in [-0.1, -0.05) is 19.9 Å². The number of carbonyl (C=O) groups is 2. The van der Waals surface area contributed by atoms with Gasteiger partial charge in [0.25, 0.3) is 5.91 Å². The van der Waals surface area contributed by atoms with Crippen LogP contribution in [-0.2, 0) is 4.79 Å². The highest BCUT2D eigenvalue weighted by molar-refractivity contribution is 7.15. The molecule has 152 valence electrons. The fourth-order valence-electron chi connectivity index (χ4n) is 2.72. The number of amides is 2. The van der Waals surface area contributed by atoms with Gasteiger partial charge in [-0.05, 0) is 45.1 Å². The molecule has 1 N–H and O–H groups in total. The molecule has 6 nitrogen and oxygen atoms in total. The van der Waals surface area contributed by atoms with Crippen LogP contribution in [0.5, 0.6) is 0 Å². The van der Waals surface area contributed by atoms with Gasteiger partial charge in [0.15, 0.2) is 5.13 Å². The van der Waals surface area contributed by atoms with Gasteiger partial charge in [-0.2, -0.15) is 0 Å². The summed E-state index contributed by atoms with van der Waals surface area (Å²) in [6.07, 6.45) is 0. The summed E-state index contributed by atoms with van der Waals surface area (Å²) in [7, 11) is 0. The summed E-state index contributed by atoms with van der Waals surface area (Å²) < 4.78 is 13.5. The van der Waals surface area contributed by atoms with E-state index in [1.54, 1.807) is 6.07 Å². The van der Waals surface area contributed by atoms with Crippen LogP contribution in [0.15, 0.2) is 24.3 Å². The first-order chi connectivity index (χ1) is 13.3. The second-order valence-corrected chi connectivity index (χ2v) is 7.68. The Morgan fingerprint density at radius 1 is 1.18 bits per heavy atom. The Hall–Kier alpha value is -2.32. The summed E-state index contributed by atoms with van der Waals surface area (Å²) in [5.74, 6) is -1.17. The fraction of sp³-hybridized carbons (Fsp3) is 0.450. The maximum absolute atomic E-state index is 13.5. The Bertz CT molecular complexity index is 801. The topological polar surface area (TPSA) is 65.5 Å². The number of hydrogen-bond acceptors (Lipinski definition) is 5. The van der Waals surface area contributed by atoms with Crippen molar-refractivity contribution in [1.82, 2.24) is 14.8 Å². The summed E-state index contributed by atoms with van der Waals surface area (Å²) >= 11 is 1.40. The van der Waals surface area contributed by atoms with Crippen LogP contribution in [0.2, 0.25) is 0 Å². The zero-order chi connectivity index (χ0) is 20.7. The second-order valence-electron chi connectivity index (χ2n) is 6.47. The van der Waals surface area contributed by atoms with Crippen molar-refractivity contribution in [3.63, 3.8) is 0 Å². The highest BCUT2D eigenvalue weighted by atomic mass is 32.1. The van der Waals surface area contributed by atoms with E-state index in [0.29, 0.717) is 18.2 Å². The number of anilines is 1. The number of likely N-dealkylation sites (N-methyl/N-ethyl adjacent to an activating group) is 1. The average molecular weight is 407 g/mol. The monoisotopic (exact) mass is 406 g/mol. The zero-order valence-electron chi connectivity index (χ0n) is 16.8. The molecule has 0 fully saturated rings. The highest BCUT2D eigenvalue weighted by Crippen LogP contribution is 2.21. The van der Waals surface area contributed by atoms with Crippen LogP contribution in [0.25, 0.3) is 0 Å². The summed E-state index contributed by atoms with van der Waals surface area (Å²) in [6.45, 7) is 10.5. The molecule has 2 aromatic rings. The van der Waals surface area contributed by atoms with Gasteiger partial charge in [0, 0.05) is 23.5 Å². The largest absolute Gasteiger partial charge is 0.328 e. The van der Waals surface area contributed by atoms with E-state index in [0.717, 1.165) is 23.7 Å². The Labute approximate surface area is 169 Å². The Morgan fingerprint density at radius 2 is 1.89 bits per heavy atom. The minimum atomic E-state index is -0.479. The molecule has 1 heterocycles. The molecule has 0 atom stereocenters. The van der Waals surface area contributed by atoms with Gasteiger partial charge < -0.3 is 15.1 Å². The van der Waals surface area contributed by atoms with Gasteiger partial charge in [-0.3, -0.25) is 9.59 Å². The number of halogens is 1. The molecule has 0 aliphatic rings. The van der Waals surface area contributed by atoms with Crippen molar-refractivity contribution in [2.24, 2.45) is 0 Å². The van der Waals surface area contributed by atoms with Crippen molar-refractivity contribution in [2.45, 2.75) is 27.7 Å². The van der Waals surface area contributed by atoms with E-state index in [9.17, 15) is 14.0 Å². The second kappa shape index (κ2) is 10.3. The number of hydrogen-bond donors (Lipinski definition) is 1. The van der Waals surface area contributed by atoms with Crippen molar-refractivity contribution in [3.8, 4) is 0 Å². The molecule has 2 rings (SSSR count). The lowest BCUT2D eigenvalue weighted by molar-refractivity contribution is -0.116. The number of aryl methyl sites for hydroxylation is 2. The van der Waals surface area contributed by atoms with Crippen LogP contribution in [-0.4, -0.2) is 59.3 Å². The molecule has 0 spiro atoms. The average Bonchev–Trinajstić information content (AvgIpc) is 2.97. The Balaban J connectivity index is 2.12. The Morgan fingerprint density at radius 3 is 2.46 bits per heavy atom. The highest BCUT2D eigenvalue weighted by Gasteiger charge is 2.20. The number of benzene rings is 1. The van der Waals surface area contributed by atoms with Crippen molar-refractivity contribution in [3.05, 3.63) is 46.2 Å². The molecule has 0 radical (unpaired) electrons. The molecule has 0 aliphatic carbocycles. The van der Waals surface area contributed by atoms with E-state index in [1.807, 2.05) is 27.7 Å².